The molecule has 9 heteroatoms. The predicted octanol–water partition coefficient (Wildman–Crippen LogP) is 3.55. The zero-order valence-electron chi connectivity index (χ0n) is 11.7. The van der Waals surface area contributed by atoms with Gasteiger partial charge in [-0.25, -0.2) is 17.6 Å². The molecule has 1 amide bonds. The van der Waals surface area contributed by atoms with Crippen molar-refractivity contribution >= 4 is 11.9 Å². The highest BCUT2D eigenvalue weighted by Gasteiger charge is 2.18. The Labute approximate surface area is 131 Å². The fourth-order valence-corrected chi connectivity index (χ4v) is 1.88. The van der Waals surface area contributed by atoms with E-state index in [1.54, 1.807) is 0 Å². The van der Waals surface area contributed by atoms with Crippen LogP contribution in [0.25, 0.3) is 11.5 Å². The minimum Gasteiger partial charge on any atom is -0.403 e. The van der Waals surface area contributed by atoms with Crippen molar-refractivity contribution in [3.05, 3.63) is 65.2 Å². The van der Waals surface area contributed by atoms with E-state index >= 15 is 0 Å². The molecule has 0 aliphatic heterocycles. The number of carbonyl (C=O) groups excluding carboxylic acids is 1. The summed E-state index contributed by atoms with van der Waals surface area (Å²) in [4.78, 5) is 11.9. The Morgan fingerprint density at radius 1 is 0.917 bits per heavy atom. The van der Waals surface area contributed by atoms with E-state index in [1.165, 1.54) is 0 Å². The lowest BCUT2D eigenvalue weighted by molar-refractivity contribution is 0.102. The molecule has 0 spiro atoms. The Balaban J connectivity index is 1.82. The number of benzene rings is 2. The van der Waals surface area contributed by atoms with Crippen molar-refractivity contribution in [1.82, 2.24) is 10.2 Å². The Bertz CT molecular complexity index is 927. The zero-order valence-corrected chi connectivity index (χ0v) is 11.7. The molecule has 5 nitrogen and oxygen atoms in total. The van der Waals surface area contributed by atoms with E-state index in [1.807, 2.05) is 0 Å². The largest absolute Gasteiger partial charge is 0.403 e. The van der Waals surface area contributed by atoms with E-state index in [9.17, 15) is 22.4 Å². The molecular weight excluding hydrogens is 330 g/mol. The van der Waals surface area contributed by atoms with Gasteiger partial charge in [-0.1, -0.05) is 5.10 Å². The summed E-state index contributed by atoms with van der Waals surface area (Å²) in [6.07, 6.45) is 0. The van der Waals surface area contributed by atoms with Crippen LogP contribution >= 0.6 is 0 Å². The summed E-state index contributed by atoms with van der Waals surface area (Å²) in [5, 5.41) is 9.08. The number of hydrogen-bond donors (Lipinski definition) is 1. The highest BCUT2D eigenvalue weighted by atomic mass is 19.1. The summed E-state index contributed by atoms with van der Waals surface area (Å²) in [7, 11) is 0. The van der Waals surface area contributed by atoms with E-state index in [0.29, 0.717) is 12.1 Å². The van der Waals surface area contributed by atoms with Crippen LogP contribution < -0.4 is 5.32 Å². The summed E-state index contributed by atoms with van der Waals surface area (Å²) >= 11 is 0. The molecule has 0 saturated carbocycles. The number of carbonyl (C=O) groups is 1. The van der Waals surface area contributed by atoms with Crippen LogP contribution in [0.2, 0.25) is 0 Å². The molecule has 24 heavy (non-hydrogen) atoms. The van der Waals surface area contributed by atoms with Crippen molar-refractivity contribution < 1.29 is 26.8 Å². The van der Waals surface area contributed by atoms with Crippen LogP contribution in [0.3, 0.4) is 0 Å². The molecule has 1 N–H and O–H groups in total. The van der Waals surface area contributed by atoms with Gasteiger partial charge in [0, 0.05) is 12.1 Å². The van der Waals surface area contributed by atoms with Gasteiger partial charge in [0.05, 0.1) is 11.1 Å². The molecule has 2 aromatic carbocycles. The first-order chi connectivity index (χ1) is 11.4. The van der Waals surface area contributed by atoms with Crippen LogP contribution in [0.1, 0.15) is 10.4 Å². The quantitative estimate of drug-likeness (QED) is 0.742. The molecule has 0 saturated heterocycles. The summed E-state index contributed by atoms with van der Waals surface area (Å²) in [5.41, 5.74) is -0.610. The predicted molar refractivity (Wildman–Crippen MR) is 74.0 cm³/mol. The van der Waals surface area contributed by atoms with Gasteiger partial charge < -0.3 is 4.42 Å². The number of aromatic nitrogens is 2. The van der Waals surface area contributed by atoms with E-state index in [2.05, 4.69) is 15.5 Å². The van der Waals surface area contributed by atoms with Crippen LogP contribution in [-0.2, 0) is 0 Å². The van der Waals surface area contributed by atoms with E-state index in [-0.39, 0.29) is 11.5 Å². The van der Waals surface area contributed by atoms with Crippen molar-refractivity contribution in [2.75, 3.05) is 5.32 Å². The average molecular weight is 337 g/mol. The van der Waals surface area contributed by atoms with Crippen LogP contribution in [0.5, 0.6) is 0 Å². The lowest BCUT2D eigenvalue weighted by Gasteiger charge is -2.02. The Morgan fingerprint density at radius 2 is 1.58 bits per heavy atom. The van der Waals surface area contributed by atoms with Gasteiger partial charge in [0.15, 0.2) is 0 Å². The first-order valence-electron chi connectivity index (χ1n) is 6.49. The number of hydrogen-bond acceptors (Lipinski definition) is 4. The molecule has 0 bridgehead atoms. The molecule has 0 aliphatic rings. The second-order valence-corrected chi connectivity index (χ2v) is 4.61. The van der Waals surface area contributed by atoms with Crippen LogP contribution in [-0.4, -0.2) is 16.1 Å². The molecule has 122 valence electrons. The third kappa shape index (κ3) is 3.09. The average Bonchev–Trinajstić information content (AvgIpc) is 2.95. The fraction of sp³-hybridized carbons (Fsp3) is 0. The second kappa shape index (κ2) is 6.11. The van der Waals surface area contributed by atoms with Crippen molar-refractivity contribution in [2.24, 2.45) is 0 Å². The minimum atomic E-state index is -1.07. The number of amides is 1. The number of nitrogens with one attached hydrogen (secondary N) is 1. The van der Waals surface area contributed by atoms with Gasteiger partial charge in [0.2, 0.25) is 0 Å². The molecule has 0 aliphatic carbocycles. The summed E-state index contributed by atoms with van der Waals surface area (Å²) in [6.45, 7) is 0. The third-order valence-electron chi connectivity index (χ3n) is 2.98. The SMILES string of the molecule is O=C(Nc1nnc(-c2ccc(F)cc2F)o1)c1ccc(F)cc1F. The summed E-state index contributed by atoms with van der Waals surface area (Å²) in [5.74, 6) is -4.88. The number of halogens is 4. The van der Waals surface area contributed by atoms with E-state index in [0.717, 1.165) is 24.3 Å². The monoisotopic (exact) mass is 337 g/mol. The maximum Gasteiger partial charge on any atom is 0.322 e. The van der Waals surface area contributed by atoms with Crippen LogP contribution in [0.15, 0.2) is 40.8 Å². The summed E-state index contributed by atoms with van der Waals surface area (Å²) < 4.78 is 57.9. The molecule has 3 aromatic rings. The molecule has 0 radical (unpaired) electrons. The maximum atomic E-state index is 13.6. The van der Waals surface area contributed by atoms with Gasteiger partial charge >= 0.3 is 6.01 Å². The molecule has 3 rings (SSSR count). The van der Waals surface area contributed by atoms with Crippen molar-refractivity contribution in [1.29, 1.82) is 0 Å². The molecular formula is C15H7F4N3O2. The number of nitrogens with zero attached hydrogens (tertiary/aromatic N) is 2. The number of rotatable bonds is 3. The fourth-order valence-electron chi connectivity index (χ4n) is 1.88. The highest BCUT2D eigenvalue weighted by Crippen LogP contribution is 2.24. The summed E-state index contributed by atoms with van der Waals surface area (Å²) in [6, 6.07) is 4.68. The third-order valence-corrected chi connectivity index (χ3v) is 2.98. The Morgan fingerprint density at radius 3 is 2.25 bits per heavy atom. The Kier molecular flexibility index (Phi) is 3.98. The van der Waals surface area contributed by atoms with E-state index < -0.39 is 40.8 Å². The Hall–Kier alpha value is -3.23. The lowest BCUT2D eigenvalue weighted by Crippen LogP contribution is -2.14. The van der Waals surface area contributed by atoms with Gasteiger partial charge in [0.25, 0.3) is 11.8 Å². The molecule has 1 aromatic heterocycles. The smallest absolute Gasteiger partial charge is 0.322 e. The number of anilines is 1. The molecule has 0 fully saturated rings. The van der Waals surface area contributed by atoms with Crippen molar-refractivity contribution in [3.8, 4) is 11.5 Å². The second-order valence-electron chi connectivity index (χ2n) is 4.61. The highest BCUT2D eigenvalue weighted by molar-refractivity contribution is 6.03. The molecule has 0 atom stereocenters. The van der Waals surface area contributed by atoms with Gasteiger partial charge in [0.1, 0.15) is 23.3 Å². The topological polar surface area (TPSA) is 68.0 Å². The lowest BCUT2D eigenvalue weighted by atomic mass is 10.2. The van der Waals surface area contributed by atoms with Crippen molar-refractivity contribution in [3.63, 3.8) is 0 Å². The minimum absolute atomic E-state index is 0.169. The van der Waals surface area contributed by atoms with Gasteiger partial charge in [-0.2, -0.15) is 0 Å². The van der Waals surface area contributed by atoms with Gasteiger partial charge in [-0.05, 0) is 24.3 Å². The molecule has 1 heterocycles. The van der Waals surface area contributed by atoms with Crippen LogP contribution in [0, 0.1) is 23.3 Å². The van der Waals surface area contributed by atoms with E-state index in [4.69, 9.17) is 4.42 Å². The first kappa shape index (κ1) is 15.7. The maximum absolute atomic E-state index is 13.6. The standard InChI is InChI=1S/C15H7F4N3O2/c16-7-1-3-9(11(18)5-7)13(23)20-15-22-21-14(24-15)10-4-2-8(17)6-12(10)19/h1-6H,(H,20,22,23). The molecule has 0 unspecified atom stereocenters. The normalized spacial score (nSPS) is 10.7. The van der Waals surface area contributed by atoms with Crippen LogP contribution in [0.4, 0.5) is 23.6 Å². The first-order valence-corrected chi connectivity index (χ1v) is 6.49. The van der Waals surface area contributed by atoms with Crippen molar-refractivity contribution in [2.45, 2.75) is 0 Å². The zero-order chi connectivity index (χ0) is 17.3. The van der Waals surface area contributed by atoms with Gasteiger partial charge in [-0.3, -0.25) is 10.1 Å². The van der Waals surface area contributed by atoms with Gasteiger partial charge in [-0.15, -0.1) is 5.10 Å².